The van der Waals surface area contributed by atoms with Crippen molar-refractivity contribution in [2.75, 3.05) is 0 Å². The van der Waals surface area contributed by atoms with Crippen LogP contribution in [0.5, 0.6) is 11.5 Å². The molecule has 0 unspecified atom stereocenters. The smallest absolute Gasteiger partial charge is 0.147 e. The summed E-state index contributed by atoms with van der Waals surface area (Å²) in [4.78, 5) is 3.80. The lowest BCUT2D eigenvalue weighted by Gasteiger charge is -2.03. The minimum absolute atomic E-state index is 0.443. The van der Waals surface area contributed by atoms with E-state index in [1.54, 1.807) is 12.3 Å². The molecule has 0 aliphatic carbocycles. The van der Waals surface area contributed by atoms with Gasteiger partial charge in [0.05, 0.1) is 11.2 Å². The summed E-state index contributed by atoms with van der Waals surface area (Å²) in [5, 5.41) is 0.443. The highest BCUT2D eigenvalue weighted by molar-refractivity contribution is 6.30. The standard InChI is InChI=1S/C11H7ClNO/c12-9-6-11(8-13-7-9)14-10-4-2-1-3-5-10/h1-6,8H. The normalized spacial score (nSPS) is 9.79. The molecule has 0 saturated heterocycles. The molecule has 3 heteroatoms. The third-order valence-electron chi connectivity index (χ3n) is 1.61. The van der Waals surface area contributed by atoms with Gasteiger partial charge in [-0.3, -0.25) is 0 Å². The van der Waals surface area contributed by atoms with Crippen LogP contribution in [0.3, 0.4) is 0 Å². The third-order valence-corrected chi connectivity index (χ3v) is 1.80. The van der Waals surface area contributed by atoms with E-state index in [4.69, 9.17) is 16.3 Å². The highest BCUT2D eigenvalue weighted by Crippen LogP contribution is 2.21. The Morgan fingerprint density at radius 3 is 2.64 bits per heavy atom. The van der Waals surface area contributed by atoms with Gasteiger partial charge in [-0.25, -0.2) is 4.98 Å². The summed E-state index contributed by atoms with van der Waals surface area (Å²) >= 11 is 5.71. The fraction of sp³-hybridized carbons (Fsp3) is 0. The van der Waals surface area contributed by atoms with E-state index in [0.29, 0.717) is 10.8 Å². The van der Waals surface area contributed by atoms with Crippen LogP contribution in [0.25, 0.3) is 0 Å². The summed E-state index contributed by atoms with van der Waals surface area (Å²) < 4.78 is 5.49. The van der Waals surface area contributed by atoms with Gasteiger partial charge in [0.2, 0.25) is 0 Å². The molecule has 2 aromatic rings. The van der Waals surface area contributed by atoms with Gasteiger partial charge in [0.1, 0.15) is 17.7 Å². The molecule has 0 saturated carbocycles. The van der Waals surface area contributed by atoms with E-state index in [-0.39, 0.29) is 0 Å². The van der Waals surface area contributed by atoms with Gasteiger partial charge in [-0.1, -0.05) is 29.8 Å². The molecule has 1 aromatic heterocycles. The van der Waals surface area contributed by atoms with Crippen molar-refractivity contribution in [2.24, 2.45) is 0 Å². The zero-order valence-corrected chi connectivity index (χ0v) is 8.03. The van der Waals surface area contributed by atoms with Gasteiger partial charge >= 0.3 is 0 Å². The zero-order valence-electron chi connectivity index (χ0n) is 7.27. The lowest BCUT2D eigenvalue weighted by atomic mass is 10.3. The summed E-state index contributed by atoms with van der Waals surface area (Å²) in [6, 6.07) is 11.1. The lowest BCUT2D eigenvalue weighted by Crippen LogP contribution is -1.84. The molecule has 2 nitrogen and oxygen atoms in total. The number of hydrogen-bond donors (Lipinski definition) is 0. The molecule has 1 aromatic carbocycles. The highest BCUT2D eigenvalue weighted by atomic mass is 35.5. The first-order valence-electron chi connectivity index (χ1n) is 4.11. The second kappa shape index (κ2) is 4.11. The first-order valence-corrected chi connectivity index (χ1v) is 4.48. The van der Waals surface area contributed by atoms with Crippen LogP contribution in [-0.2, 0) is 0 Å². The third kappa shape index (κ3) is 2.24. The van der Waals surface area contributed by atoms with Crippen LogP contribution in [-0.4, -0.2) is 4.98 Å². The number of ether oxygens (including phenoxy) is 1. The topological polar surface area (TPSA) is 22.1 Å². The molecule has 0 bridgehead atoms. The molecule has 0 fully saturated rings. The number of hydrogen-bond acceptors (Lipinski definition) is 2. The molecule has 0 amide bonds. The Labute approximate surface area is 87.1 Å². The fourth-order valence-electron chi connectivity index (χ4n) is 1.03. The number of para-hydroxylation sites is 1. The van der Waals surface area contributed by atoms with Crippen LogP contribution in [0.1, 0.15) is 0 Å². The number of pyridine rings is 1. The van der Waals surface area contributed by atoms with Crippen molar-refractivity contribution in [1.29, 1.82) is 0 Å². The minimum Gasteiger partial charge on any atom is -0.456 e. The molecular weight excluding hydrogens is 198 g/mol. The number of rotatable bonds is 2. The van der Waals surface area contributed by atoms with Crippen molar-refractivity contribution in [3.8, 4) is 11.5 Å². The second-order valence-corrected chi connectivity index (χ2v) is 3.09. The van der Waals surface area contributed by atoms with Gasteiger partial charge in [0, 0.05) is 6.07 Å². The van der Waals surface area contributed by atoms with E-state index in [1.165, 1.54) is 0 Å². The molecule has 0 aliphatic heterocycles. The zero-order chi connectivity index (χ0) is 9.80. The van der Waals surface area contributed by atoms with E-state index in [1.807, 2.05) is 30.3 Å². The molecule has 0 atom stereocenters. The fourth-order valence-corrected chi connectivity index (χ4v) is 1.19. The van der Waals surface area contributed by atoms with Gasteiger partial charge in [0.25, 0.3) is 0 Å². The molecule has 0 aliphatic rings. The molecular formula is C11H7ClNO. The average Bonchev–Trinajstić information content (AvgIpc) is 2.19. The number of benzene rings is 1. The maximum Gasteiger partial charge on any atom is 0.147 e. The molecule has 2 rings (SSSR count). The Morgan fingerprint density at radius 1 is 1.14 bits per heavy atom. The molecule has 1 heterocycles. The second-order valence-electron chi connectivity index (χ2n) is 2.68. The van der Waals surface area contributed by atoms with Gasteiger partial charge < -0.3 is 4.74 Å². The Balaban J connectivity index is 2.19. The Hall–Kier alpha value is -1.54. The van der Waals surface area contributed by atoms with Crippen molar-refractivity contribution in [1.82, 2.24) is 4.98 Å². The van der Waals surface area contributed by atoms with E-state index in [0.717, 1.165) is 5.75 Å². The maximum atomic E-state index is 5.71. The van der Waals surface area contributed by atoms with Crippen LogP contribution in [0.15, 0.2) is 42.6 Å². The molecule has 14 heavy (non-hydrogen) atoms. The van der Waals surface area contributed by atoms with Gasteiger partial charge in [-0.15, -0.1) is 0 Å². The largest absolute Gasteiger partial charge is 0.456 e. The van der Waals surface area contributed by atoms with Gasteiger partial charge in [0.15, 0.2) is 0 Å². The van der Waals surface area contributed by atoms with Crippen LogP contribution >= 0.6 is 11.6 Å². The SMILES string of the molecule is Clc1[c]ncc(Oc2ccccc2)c1. The van der Waals surface area contributed by atoms with E-state index < -0.39 is 0 Å². The predicted molar refractivity (Wildman–Crippen MR) is 54.6 cm³/mol. The highest BCUT2D eigenvalue weighted by Gasteiger charge is 1.97. The Kier molecular flexibility index (Phi) is 2.65. The van der Waals surface area contributed by atoms with Crippen LogP contribution < -0.4 is 4.74 Å². The van der Waals surface area contributed by atoms with Gasteiger partial charge in [-0.05, 0) is 12.1 Å². The van der Waals surface area contributed by atoms with Gasteiger partial charge in [-0.2, -0.15) is 0 Å². The Bertz CT molecular complexity index is 417. The quantitative estimate of drug-likeness (QED) is 0.749. The molecule has 0 N–H and O–H groups in total. The van der Waals surface area contributed by atoms with E-state index in [2.05, 4.69) is 11.2 Å². The number of halogens is 1. The van der Waals surface area contributed by atoms with Crippen molar-refractivity contribution in [2.45, 2.75) is 0 Å². The molecule has 0 spiro atoms. The molecule has 1 radical (unpaired) electrons. The average molecular weight is 205 g/mol. The van der Waals surface area contributed by atoms with Crippen molar-refractivity contribution >= 4 is 11.6 Å². The van der Waals surface area contributed by atoms with Crippen LogP contribution in [0, 0.1) is 6.20 Å². The minimum atomic E-state index is 0.443. The maximum absolute atomic E-state index is 5.71. The number of nitrogens with zero attached hydrogens (tertiary/aromatic N) is 1. The van der Waals surface area contributed by atoms with Crippen LogP contribution in [0.4, 0.5) is 0 Å². The van der Waals surface area contributed by atoms with E-state index >= 15 is 0 Å². The first kappa shape index (κ1) is 9.03. The monoisotopic (exact) mass is 204 g/mol. The summed E-state index contributed by atoms with van der Waals surface area (Å²) in [6.07, 6.45) is 4.16. The summed E-state index contributed by atoms with van der Waals surface area (Å²) in [6.45, 7) is 0. The first-order chi connectivity index (χ1) is 6.84. The number of aromatic nitrogens is 1. The van der Waals surface area contributed by atoms with Crippen molar-refractivity contribution in [3.05, 3.63) is 53.8 Å². The molecule has 69 valence electrons. The summed E-state index contributed by atoms with van der Waals surface area (Å²) in [5.41, 5.74) is 0. The lowest BCUT2D eigenvalue weighted by molar-refractivity contribution is 0.480. The van der Waals surface area contributed by atoms with Crippen molar-refractivity contribution < 1.29 is 4.74 Å². The van der Waals surface area contributed by atoms with E-state index in [9.17, 15) is 0 Å². The van der Waals surface area contributed by atoms with Crippen LogP contribution in [0.2, 0.25) is 5.02 Å². The van der Waals surface area contributed by atoms with Crippen molar-refractivity contribution in [3.63, 3.8) is 0 Å². The Morgan fingerprint density at radius 2 is 1.93 bits per heavy atom. The summed E-state index contributed by atoms with van der Waals surface area (Å²) in [7, 11) is 0. The summed E-state index contributed by atoms with van der Waals surface area (Å²) in [5.74, 6) is 1.37. The predicted octanol–water partition coefficient (Wildman–Crippen LogP) is 3.33.